The lowest BCUT2D eigenvalue weighted by Crippen LogP contribution is -2.41. The highest BCUT2D eigenvalue weighted by Gasteiger charge is 2.31. The molecule has 0 aromatic carbocycles. The van der Waals surface area contributed by atoms with Crippen molar-refractivity contribution < 1.29 is 18.3 Å². The van der Waals surface area contributed by atoms with Crippen LogP contribution in [0.3, 0.4) is 0 Å². The zero-order chi connectivity index (χ0) is 15.5. The maximum Gasteiger partial charge on any atom is 0.321 e. The second-order valence-electron chi connectivity index (χ2n) is 5.22. The van der Waals surface area contributed by atoms with Crippen molar-refractivity contribution in [2.45, 2.75) is 32.4 Å². The van der Waals surface area contributed by atoms with Gasteiger partial charge in [-0.1, -0.05) is 6.07 Å². The summed E-state index contributed by atoms with van der Waals surface area (Å²) in [4.78, 5) is 17.5. The van der Waals surface area contributed by atoms with E-state index in [1.54, 1.807) is 12.3 Å². The number of anilines is 1. The number of carbonyl (C=O) groups excluding carboxylic acids is 1. The molecule has 1 saturated heterocycles. The summed E-state index contributed by atoms with van der Waals surface area (Å²) in [6.45, 7) is 4.81. The molecule has 1 aromatic heterocycles. The van der Waals surface area contributed by atoms with Crippen molar-refractivity contribution in [1.82, 2.24) is 10.3 Å². The summed E-state index contributed by atoms with van der Waals surface area (Å²) in [7, 11) is 0. The standard InChI is InChI=1S/C14H19F2N3O2/c1-10-9-19(5-6-21-10)12-4-3-11(7-17-12)8-18-13(20)14(2,15)16/h3-4,7,10H,5-6,8-9H2,1-2H3,(H,18,20)/t10-/m1/s1. The van der Waals surface area contributed by atoms with E-state index >= 15 is 0 Å². The molecule has 5 nitrogen and oxygen atoms in total. The third kappa shape index (κ3) is 4.35. The lowest BCUT2D eigenvalue weighted by atomic mass is 10.2. The second kappa shape index (κ2) is 6.34. The molecule has 1 aliphatic heterocycles. The van der Waals surface area contributed by atoms with Gasteiger partial charge in [0.1, 0.15) is 5.82 Å². The van der Waals surface area contributed by atoms with Gasteiger partial charge in [0.25, 0.3) is 5.91 Å². The molecule has 1 aliphatic rings. The molecule has 21 heavy (non-hydrogen) atoms. The largest absolute Gasteiger partial charge is 0.375 e. The average Bonchev–Trinajstić information content (AvgIpc) is 2.44. The number of hydrogen-bond acceptors (Lipinski definition) is 4. The molecule has 0 aliphatic carbocycles. The lowest BCUT2D eigenvalue weighted by Gasteiger charge is -2.32. The summed E-state index contributed by atoms with van der Waals surface area (Å²) in [5.41, 5.74) is 0.678. The van der Waals surface area contributed by atoms with Crippen LogP contribution in [0.4, 0.5) is 14.6 Å². The average molecular weight is 299 g/mol. The Hall–Kier alpha value is -1.76. The lowest BCUT2D eigenvalue weighted by molar-refractivity contribution is -0.143. The first-order chi connectivity index (χ1) is 9.86. The van der Waals surface area contributed by atoms with E-state index in [1.165, 1.54) is 0 Å². The molecule has 0 bridgehead atoms. The van der Waals surface area contributed by atoms with Crippen molar-refractivity contribution in [2.24, 2.45) is 0 Å². The quantitative estimate of drug-likeness (QED) is 0.917. The van der Waals surface area contributed by atoms with E-state index in [4.69, 9.17) is 4.74 Å². The van der Waals surface area contributed by atoms with E-state index in [0.717, 1.165) is 18.9 Å². The Labute approximate surface area is 122 Å². The van der Waals surface area contributed by atoms with Crippen molar-refractivity contribution >= 4 is 11.7 Å². The highest BCUT2D eigenvalue weighted by atomic mass is 19.3. The summed E-state index contributed by atoms with van der Waals surface area (Å²) in [6, 6.07) is 3.60. The number of morpholine rings is 1. The van der Waals surface area contributed by atoms with Gasteiger partial charge in [-0.25, -0.2) is 4.98 Å². The van der Waals surface area contributed by atoms with Gasteiger partial charge >= 0.3 is 5.92 Å². The van der Waals surface area contributed by atoms with Crippen LogP contribution in [0, 0.1) is 0 Å². The van der Waals surface area contributed by atoms with Crippen LogP contribution >= 0.6 is 0 Å². The first-order valence-corrected chi connectivity index (χ1v) is 6.84. The van der Waals surface area contributed by atoms with Crippen molar-refractivity contribution in [2.75, 3.05) is 24.6 Å². The van der Waals surface area contributed by atoms with Crippen LogP contribution in [0.5, 0.6) is 0 Å². The number of ether oxygens (including phenoxy) is 1. The summed E-state index contributed by atoms with van der Waals surface area (Å²) < 4.78 is 30.9. The highest BCUT2D eigenvalue weighted by molar-refractivity contribution is 5.82. The number of pyridine rings is 1. The zero-order valence-corrected chi connectivity index (χ0v) is 12.1. The van der Waals surface area contributed by atoms with Gasteiger partial charge < -0.3 is 15.0 Å². The molecule has 1 N–H and O–H groups in total. The van der Waals surface area contributed by atoms with Crippen LogP contribution in [-0.4, -0.2) is 42.6 Å². The van der Waals surface area contributed by atoms with E-state index in [-0.39, 0.29) is 12.6 Å². The number of carbonyl (C=O) groups is 1. The van der Waals surface area contributed by atoms with Gasteiger partial charge in [0, 0.05) is 32.8 Å². The van der Waals surface area contributed by atoms with Crippen molar-refractivity contribution in [3.63, 3.8) is 0 Å². The molecular formula is C14H19F2N3O2. The molecule has 0 unspecified atom stereocenters. The first-order valence-electron chi connectivity index (χ1n) is 6.84. The predicted molar refractivity (Wildman–Crippen MR) is 74.3 cm³/mol. The maximum absolute atomic E-state index is 12.7. The Kier molecular flexibility index (Phi) is 4.72. The van der Waals surface area contributed by atoms with Crippen LogP contribution in [0.2, 0.25) is 0 Å². The third-order valence-corrected chi connectivity index (χ3v) is 3.23. The van der Waals surface area contributed by atoms with E-state index in [1.807, 2.05) is 13.0 Å². The summed E-state index contributed by atoms with van der Waals surface area (Å²) in [5, 5.41) is 2.18. The predicted octanol–water partition coefficient (Wildman–Crippen LogP) is 1.58. The molecule has 0 spiro atoms. The number of alkyl halides is 2. The SMILES string of the molecule is C[C@@H]1CN(c2ccc(CNC(=O)C(C)(F)F)cn2)CCO1. The highest BCUT2D eigenvalue weighted by Crippen LogP contribution is 2.16. The summed E-state index contributed by atoms with van der Waals surface area (Å²) >= 11 is 0. The first kappa shape index (κ1) is 15.6. The molecule has 1 fully saturated rings. The number of nitrogens with zero attached hydrogens (tertiary/aromatic N) is 2. The number of nitrogens with one attached hydrogen (secondary N) is 1. The van der Waals surface area contributed by atoms with Crippen molar-refractivity contribution in [3.8, 4) is 0 Å². The fourth-order valence-corrected chi connectivity index (χ4v) is 2.07. The molecule has 2 heterocycles. The molecule has 2 rings (SSSR count). The van der Waals surface area contributed by atoms with Crippen LogP contribution in [0.1, 0.15) is 19.4 Å². The number of aromatic nitrogens is 1. The molecule has 1 aromatic rings. The Morgan fingerprint density at radius 2 is 2.33 bits per heavy atom. The number of halogens is 2. The van der Waals surface area contributed by atoms with Gasteiger partial charge in [0.2, 0.25) is 0 Å². The van der Waals surface area contributed by atoms with E-state index in [9.17, 15) is 13.6 Å². The van der Waals surface area contributed by atoms with E-state index in [0.29, 0.717) is 19.1 Å². The van der Waals surface area contributed by atoms with Gasteiger partial charge in [-0.05, 0) is 18.6 Å². The Bertz CT molecular complexity index is 488. The van der Waals surface area contributed by atoms with Crippen molar-refractivity contribution in [1.29, 1.82) is 0 Å². The van der Waals surface area contributed by atoms with Crippen LogP contribution < -0.4 is 10.2 Å². The van der Waals surface area contributed by atoms with E-state index < -0.39 is 11.8 Å². The van der Waals surface area contributed by atoms with Crippen LogP contribution in [-0.2, 0) is 16.1 Å². The number of rotatable bonds is 4. The fraction of sp³-hybridized carbons (Fsp3) is 0.571. The topological polar surface area (TPSA) is 54.5 Å². The molecule has 1 amide bonds. The van der Waals surface area contributed by atoms with Crippen LogP contribution in [0.25, 0.3) is 0 Å². The van der Waals surface area contributed by atoms with E-state index in [2.05, 4.69) is 15.2 Å². The number of amides is 1. The molecule has 7 heteroatoms. The van der Waals surface area contributed by atoms with Crippen LogP contribution in [0.15, 0.2) is 18.3 Å². The van der Waals surface area contributed by atoms with Gasteiger partial charge in [-0.3, -0.25) is 4.79 Å². The molecule has 0 radical (unpaired) electrons. The third-order valence-electron chi connectivity index (χ3n) is 3.23. The second-order valence-corrected chi connectivity index (χ2v) is 5.22. The minimum Gasteiger partial charge on any atom is -0.375 e. The normalized spacial score (nSPS) is 19.4. The Morgan fingerprint density at radius 1 is 1.57 bits per heavy atom. The van der Waals surface area contributed by atoms with Gasteiger partial charge in [-0.2, -0.15) is 8.78 Å². The smallest absolute Gasteiger partial charge is 0.321 e. The molecule has 1 atom stereocenters. The van der Waals surface area contributed by atoms with Gasteiger partial charge in [-0.15, -0.1) is 0 Å². The monoisotopic (exact) mass is 299 g/mol. The molecule has 116 valence electrons. The fourth-order valence-electron chi connectivity index (χ4n) is 2.07. The molecule has 0 saturated carbocycles. The zero-order valence-electron chi connectivity index (χ0n) is 12.1. The summed E-state index contributed by atoms with van der Waals surface area (Å²) in [5.74, 6) is -3.83. The van der Waals surface area contributed by atoms with Gasteiger partial charge in [0.15, 0.2) is 0 Å². The summed E-state index contributed by atoms with van der Waals surface area (Å²) in [6.07, 6.45) is 1.75. The van der Waals surface area contributed by atoms with Crippen molar-refractivity contribution in [3.05, 3.63) is 23.9 Å². The molecular weight excluding hydrogens is 280 g/mol. The Morgan fingerprint density at radius 3 is 2.90 bits per heavy atom. The minimum absolute atomic E-state index is 0.0368. The number of hydrogen-bond donors (Lipinski definition) is 1. The maximum atomic E-state index is 12.7. The van der Waals surface area contributed by atoms with Gasteiger partial charge in [0.05, 0.1) is 12.7 Å². The minimum atomic E-state index is -3.36. The Balaban J connectivity index is 1.91.